The Hall–Kier alpha value is -0.120. The highest BCUT2D eigenvalue weighted by molar-refractivity contribution is 4.91. The molecule has 1 heterocycles. The Morgan fingerprint density at radius 2 is 2.06 bits per heavy atom. The third kappa shape index (κ3) is 3.94. The Labute approximate surface area is 111 Å². The normalized spacial score (nSPS) is 28.7. The highest BCUT2D eigenvalue weighted by atomic mass is 16.5. The Bertz CT molecular complexity index is 239. The molecule has 2 atom stereocenters. The Balaban J connectivity index is 1.63. The molecule has 0 radical (unpaired) electrons. The molecule has 106 valence electrons. The SMILES string of the molecule is CCCC(O)CNCC1CCC2(CCCCC2)O1. The van der Waals surface area contributed by atoms with Crippen molar-refractivity contribution in [2.24, 2.45) is 0 Å². The van der Waals surface area contributed by atoms with Gasteiger partial charge in [0.1, 0.15) is 0 Å². The molecule has 2 aliphatic rings. The molecule has 2 N–H and O–H groups in total. The summed E-state index contributed by atoms with van der Waals surface area (Å²) in [5.74, 6) is 0. The van der Waals surface area contributed by atoms with E-state index < -0.39 is 0 Å². The zero-order valence-corrected chi connectivity index (χ0v) is 11.8. The maximum atomic E-state index is 9.66. The molecule has 18 heavy (non-hydrogen) atoms. The lowest BCUT2D eigenvalue weighted by molar-refractivity contribution is -0.0627. The molecule has 0 aromatic rings. The standard InChI is InChI=1S/C15H29NO2/c1-2-6-13(17)11-16-12-14-7-10-15(18-14)8-4-3-5-9-15/h13-14,16-17H,2-12H2,1H3. The van der Waals surface area contributed by atoms with Crippen LogP contribution in [0, 0.1) is 0 Å². The monoisotopic (exact) mass is 255 g/mol. The average molecular weight is 255 g/mol. The van der Waals surface area contributed by atoms with Gasteiger partial charge in [-0.1, -0.05) is 32.6 Å². The van der Waals surface area contributed by atoms with Crippen molar-refractivity contribution in [3.63, 3.8) is 0 Å². The number of nitrogens with one attached hydrogen (secondary N) is 1. The van der Waals surface area contributed by atoms with Gasteiger partial charge in [0.25, 0.3) is 0 Å². The molecule has 2 unspecified atom stereocenters. The first-order chi connectivity index (χ1) is 8.74. The largest absolute Gasteiger partial charge is 0.392 e. The molecule has 2 fully saturated rings. The molecule has 1 aliphatic carbocycles. The van der Waals surface area contributed by atoms with Crippen LogP contribution in [0.2, 0.25) is 0 Å². The summed E-state index contributed by atoms with van der Waals surface area (Å²) in [5.41, 5.74) is 0.229. The number of aliphatic hydroxyl groups excluding tert-OH is 1. The van der Waals surface area contributed by atoms with Crippen molar-refractivity contribution in [3.05, 3.63) is 0 Å². The molecular formula is C15H29NO2. The molecule has 3 heteroatoms. The topological polar surface area (TPSA) is 41.5 Å². The van der Waals surface area contributed by atoms with Crippen LogP contribution in [0.4, 0.5) is 0 Å². The fourth-order valence-corrected chi connectivity index (χ4v) is 3.45. The molecule has 1 spiro atoms. The summed E-state index contributed by atoms with van der Waals surface area (Å²) in [6, 6.07) is 0. The summed E-state index contributed by atoms with van der Waals surface area (Å²) in [6.07, 6.45) is 11.2. The Morgan fingerprint density at radius 1 is 1.28 bits per heavy atom. The van der Waals surface area contributed by atoms with Gasteiger partial charge in [-0.05, 0) is 32.1 Å². The molecule has 3 nitrogen and oxygen atoms in total. The fourth-order valence-electron chi connectivity index (χ4n) is 3.45. The highest BCUT2D eigenvalue weighted by Crippen LogP contribution is 2.41. The lowest BCUT2D eigenvalue weighted by Crippen LogP contribution is -2.36. The van der Waals surface area contributed by atoms with Crippen molar-refractivity contribution in [1.29, 1.82) is 0 Å². The molecule has 0 aromatic carbocycles. The lowest BCUT2D eigenvalue weighted by Gasteiger charge is -2.33. The number of ether oxygens (including phenoxy) is 1. The molecule has 2 rings (SSSR count). The molecule has 1 aliphatic heterocycles. The first-order valence-electron chi connectivity index (χ1n) is 7.81. The van der Waals surface area contributed by atoms with Crippen LogP contribution < -0.4 is 5.32 Å². The van der Waals surface area contributed by atoms with Crippen molar-refractivity contribution >= 4 is 0 Å². The molecule has 0 amide bonds. The second-order valence-electron chi connectivity index (χ2n) is 6.12. The minimum absolute atomic E-state index is 0.194. The quantitative estimate of drug-likeness (QED) is 0.766. The Kier molecular flexibility index (Phi) is 5.46. The number of rotatable bonds is 6. The van der Waals surface area contributed by atoms with E-state index in [-0.39, 0.29) is 11.7 Å². The molecule has 1 saturated carbocycles. The van der Waals surface area contributed by atoms with Crippen molar-refractivity contribution in [3.8, 4) is 0 Å². The van der Waals surface area contributed by atoms with Gasteiger partial charge in [0.15, 0.2) is 0 Å². The van der Waals surface area contributed by atoms with Crippen LogP contribution in [0.5, 0.6) is 0 Å². The van der Waals surface area contributed by atoms with E-state index in [9.17, 15) is 5.11 Å². The van der Waals surface area contributed by atoms with Gasteiger partial charge in [-0.2, -0.15) is 0 Å². The van der Waals surface area contributed by atoms with Crippen LogP contribution in [-0.4, -0.2) is 36.0 Å². The van der Waals surface area contributed by atoms with Gasteiger partial charge in [-0.15, -0.1) is 0 Å². The van der Waals surface area contributed by atoms with Crippen LogP contribution in [0.1, 0.15) is 64.7 Å². The fraction of sp³-hybridized carbons (Fsp3) is 1.00. The number of aliphatic hydroxyl groups is 1. The summed E-state index contributed by atoms with van der Waals surface area (Å²) < 4.78 is 6.29. The van der Waals surface area contributed by atoms with Crippen molar-refractivity contribution in [2.75, 3.05) is 13.1 Å². The first kappa shape index (κ1) is 14.3. The zero-order valence-electron chi connectivity index (χ0n) is 11.8. The van der Waals surface area contributed by atoms with E-state index in [1.165, 1.54) is 44.9 Å². The van der Waals surface area contributed by atoms with Gasteiger partial charge in [-0.3, -0.25) is 0 Å². The van der Waals surface area contributed by atoms with Crippen molar-refractivity contribution in [1.82, 2.24) is 5.32 Å². The van der Waals surface area contributed by atoms with Crippen molar-refractivity contribution in [2.45, 2.75) is 82.5 Å². The van der Waals surface area contributed by atoms with Crippen LogP contribution in [0.25, 0.3) is 0 Å². The van der Waals surface area contributed by atoms with Crippen LogP contribution >= 0.6 is 0 Å². The smallest absolute Gasteiger partial charge is 0.0708 e. The van der Waals surface area contributed by atoms with Gasteiger partial charge in [0.2, 0.25) is 0 Å². The second-order valence-corrected chi connectivity index (χ2v) is 6.12. The Morgan fingerprint density at radius 3 is 2.78 bits per heavy atom. The van der Waals surface area contributed by atoms with Gasteiger partial charge in [0, 0.05) is 13.1 Å². The van der Waals surface area contributed by atoms with Gasteiger partial charge < -0.3 is 15.2 Å². The summed E-state index contributed by atoms with van der Waals surface area (Å²) in [4.78, 5) is 0. The third-order valence-corrected chi connectivity index (χ3v) is 4.48. The highest BCUT2D eigenvalue weighted by Gasteiger charge is 2.40. The summed E-state index contributed by atoms with van der Waals surface area (Å²) in [7, 11) is 0. The maximum Gasteiger partial charge on any atom is 0.0708 e. The summed E-state index contributed by atoms with van der Waals surface area (Å²) >= 11 is 0. The van der Waals surface area contributed by atoms with E-state index in [4.69, 9.17) is 4.74 Å². The molecule has 0 aromatic heterocycles. The second kappa shape index (κ2) is 6.88. The van der Waals surface area contributed by atoms with Crippen LogP contribution in [-0.2, 0) is 4.74 Å². The van der Waals surface area contributed by atoms with E-state index in [2.05, 4.69) is 12.2 Å². The maximum absolute atomic E-state index is 9.66. The van der Waals surface area contributed by atoms with Crippen LogP contribution in [0.15, 0.2) is 0 Å². The number of hydrogen-bond acceptors (Lipinski definition) is 3. The van der Waals surface area contributed by atoms with Gasteiger partial charge in [-0.25, -0.2) is 0 Å². The predicted molar refractivity (Wildman–Crippen MR) is 73.7 cm³/mol. The minimum atomic E-state index is -0.194. The van der Waals surface area contributed by atoms with Crippen LogP contribution in [0.3, 0.4) is 0 Å². The first-order valence-corrected chi connectivity index (χ1v) is 7.81. The van der Waals surface area contributed by atoms with Gasteiger partial charge >= 0.3 is 0 Å². The summed E-state index contributed by atoms with van der Waals surface area (Å²) in [6.45, 7) is 3.72. The van der Waals surface area contributed by atoms with E-state index in [1.54, 1.807) is 0 Å². The molecule has 1 saturated heterocycles. The van der Waals surface area contributed by atoms with E-state index in [0.29, 0.717) is 12.6 Å². The molecule has 0 bridgehead atoms. The third-order valence-electron chi connectivity index (χ3n) is 4.48. The van der Waals surface area contributed by atoms with E-state index in [1.807, 2.05) is 0 Å². The van der Waals surface area contributed by atoms with E-state index >= 15 is 0 Å². The lowest BCUT2D eigenvalue weighted by atomic mass is 9.83. The average Bonchev–Trinajstić information content (AvgIpc) is 2.74. The number of hydrogen-bond donors (Lipinski definition) is 2. The molecular weight excluding hydrogens is 226 g/mol. The predicted octanol–water partition coefficient (Wildman–Crippen LogP) is 2.62. The zero-order chi connectivity index (χ0) is 12.8. The van der Waals surface area contributed by atoms with Gasteiger partial charge in [0.05, 0.1) is 17.8 Å². The minimum Gasteiger partial charge on any atom is -0.392 e. The van der Waals surface area contributed by atoms with E-state index in [0.717, 1.165) is 19.4 Å². The van der Waals surface area contributed by atoms with Crippen molar-refractivity contribution < 1.29 is 9.84 Å². The summed E-state index contributed by atoms with van der Waals surface area (Å²) in [5, 5.41) is 13.0.